The predicted octanol–water partition coefficient (Wildman–Crippen LogP) is 15.1. The quantitative estimate of drug-likeness (QED) is 0.161. The van der Waals surface area contributed by atoms with Gasteiger partial charge < -0.3 is 4.42 Å². The summed E-state index contributed by atoms with van der Waals surface area (Å²) in [5.74, 6) is 0.683. The van der Waals surface area contributed by atoms with Crippen LogP contribution in [0.4, 0.5) is 0 Å². The van der Waals surface area contributed by atoms with Gasteiger partial charge in [-0.1, -0.05) is 194 Å². The molecule has 0 unspecified atom stereocenters. The van der Waals surface area contributed by atoms with E-state index in [1.54, 1.807) is 0 Å². The third-order valence-electron chi connectivity index (χ3n) is 12.6. The van der Waals surface area contributed by atoms with Gasteiger partial charge in [0.25, 0.3) is 0 Å². The molecule has 0 fully saturated rings. The molecule has 3 heteroatoms. The van der Waals surface area contributed by atoms with Gasteiger partial charge in [-0.25, -0.2) is 9.97 Å². The Labute approximate surface area is 360 Å². The second-order valence-electron chi connectivity index (χ2n) is 16.1. The molecule has 9 aromatic carbocycles. The summed E-state index contributed by atoms with van der Waals surface area (Å²) in [5.41, 5.74) is 18.0. The topological polar surface area (TPSA) is 38.9 Å². The molecule has 0 aliphatic heterocycles. The maximum absolute atomic E-state index is 6.16. The lowest BCUT2D eigenvalue weighted by molar-refractivity contribution is 0.669. The Morgan fingerprint density at radius 1 is 0.323 bits per heavy atom. The highest BCUT2D eigenvalue weighted by atomic mass is 16.3. The molecule has 0 radical (unpaired) electrons. The molecule has 0 saturated heterocycles. The maximum Gasteiger partial charge on any atom is 0.160 e. The number of rotatable bonds is 7. The lowest BCUT2D eigenvalue weighted by Gasteiger charge is -2.34. The average Bonchev–Trinajstić information content (AvgIpc) is 3.88. The second-order valence-corrected chi connectivity index (χ2v) is 16.1. The minimum atomic E-state index is -0.581. The van der Waals surface area contributed by atoms with Gasteiger partial charge in [-0.15, -0.1) is 0 Å². The summed E-state index contributed by atoms with van der Waals surface area (Å²) >= 11 is 0. The van der Waals surface area contributed by atoms with Crippen molar-refractivity contribution in [1.29, 1.82) is 0 Å². The van der Waals surface area contributed by atoms with E-state index in [2.05, 4.69) is 200 Å². The third kappa shape index (κ3) is 5.74. The highest BCUT2D eigenvalue weighted by Crippen LogP contribution is 2.59. The van der Waals surface area contributed by atoms with Gasteiger partial charge in [-0.3, -0.25) is 0 Å². The first-order valence-corrected chi connectivity index (χ1v) is 21.1. The normalized spacial score (nSPS) is 12.6. The minimum absolute atomic E-state index is 0.581. The van der Waals surface area contributed by atoms with Crippen LogP contribution in [0.1, 0.15) is 22.3 Å². The van der Waals surface area contributed by atoms with Gasteiger partial charge in [0.05, 0.1) is 16.8 Å². The van der Waals surface area contributed by atoms with Gasteiger partial charge in [-0.2, -0.15) is 0 Å². The fourth-order valence-electron chi connectivity index (χ4n) is 9.78. The number of aromatic nitrogens is 2. The van der Waals surface area contributed by atoms with Crippen LogP contribution in [-0.4, -0.2) is 9.97 Å². The lowest BCUT2D eigenvalue weighted by atomic mass is 9.67. The van der Waals surface area contributed by atoms with Crippen LogP contribution in [0.3, 0.4) is 0 Å². The van der Waals surface area contributed by atoms with Crippen molar-refractivity contribution in [2.75, 3.05) is 0 Å². The molecule has 1 aliphatic rings. The fraction of sp³-hybridized carbons (Fsp3) is 0.0169. The zero-order chi connectivity index (χ0) is 41.0. The van der Waals surface area contributed by atoms with E-state index in [0.717, 1.165) is 61.1 Å². The Kier molecular flexibility index (Phi) is 8.39. The molecule has 1 aliphatic carbocycles. The van der Waals surface area contributed by atoms with Crippen molar-refractivity contribution in [1.82, 2.24) is 9.97 Å². The van der Waals surface area contributed by atoms with Gasteiger partial charge >= 0.3 is 0 Å². The molecule has 0 saturated carbocycles. The molecule has 62 heavy (non-hydrogen) atoms. The summed E-state index contributed by atoms with van der Waals surface area (Å²) in [6.45, 7) is 0. The zero-order valence-electron chi connectivity index (χ0n) is 33.7. The van der Waals surface area contributed by atoms with Crippen molar-refractivity contribution in [3.05, 3.63) is 253 Å². The number of benzene rings is 9. The second kappa shape index (κ2) is 14.5. The summed E-state index contributed by atoms with van der Waals surface area (Å²) in [4.78, 5) is 10.6. The molecule has 0 spiro atoms. The fourth-order valence-corrected chi connectivity index (χ4v) is 9.78. The maximum atomic E-state index is 6.16. The van der Waals surface area contributed by atoms with Gasteiger partial charge in [0.1, 0.15) is 11.2 Å². The van der Waals surface area contributed by atoms with E-state index in [0.29, 0.717) is 5.82 Å². The Morgan fingerprint density at radius 2 is 0.871 bits per heavy atom. The standard InChI is InChI=1S/C59H38N2O/c1-5-17-39(18-6-1)47-28-16-29-51-57(47)49-33-31-44(37-52(49)59(51,45-23-9-3-10-24-45)46-25-11-4-12-26-46)54-38-53(60-58(61-54)40-19-7-2-8-20-40)43-22-15-21-41(35-43)42-32-34-56-50(36-42)48-27-13-14-30-55(48)62-56/h1-38H. The van der Waals surface area contributed by atoms with Gasteiger partial charge in [-0.05, 0) is 92.0 Å². The van der Waals surface area contributed by atoms with Gasteiger partial charge in [0.2, 0.25) is 0 Å². The van der Waals surface area contributed by atoms with Gasteiger partial charge in [0.15, 0.2) is 5.82 Å². The van der Waals surface area contributed by atoms with E-state index in [4.69, 9.17) is 14.4 Å². The Bertz CT molecular complexity index is 3410. The van der Waals surface area contributed by atoms with E-state index < -0.39 is 5.41 Å². The van der Waals surface area contributed by atoms with Crippen LogP contribution in [-0.2, 0) is 5.41 Å². The number of fused-ring (bicyclic) bond motifs is 6. The summed E-state index contributed by atoms with van der Waals surface area (Å²) in [6, 6.07) is 82.4. The first-order chi connectivity index (χ1) is 30.7. The van der Waals surface area contributed by atoms with E-state index >= 15 is 0 Å². The van der Waals surface area contributed by atoms with Crippen LogP contribution in [0, 0.1) is 0 Å². The van der Waals surface area contributed by atoms with Gasteiger partial charge in [0, 0.05) is 27.5 Å². The first-order valence-electron chi connectivity index (χ1n) is 21.1. The molecule has 2 aromatic heterocycles. The average molecular weight is 791 g/mol. The molecule has 12 rings (SSSR count). The Balaban J connectivity index is 1.07. The highest BCUT2D eigenvalue weighted by Gasteiger charge is 2.47. The third-order valence-corrected chi connectivity index (χ3v) is 12.6. The van der Waals surface area contributed by atoms with Crippen molar-refractivity contribution in [2.45, 2.75) is 5.41 Å². The Morgan fingerprint density at radius 3 is 1.60 bits per heavy atom. The molecule has 2 heterocycles. The molecule has 0 bridgehead atoms. The zero-order valence-corrected chi connectivity index (χ0v) is 33.7. The van der Waals surface area contributed by atoms with Crippen molar-refractivity contribution < 1.29 is 4.42 Å². The number of para-hydroxylation sites is 1. The summed E-state index contributed by atoms with van der Waals surface area (Å²) in [7, 11) is 0. The molecule has 0 N–H and O–H groups in total. The largest absolute Gasteiger partial charge is 0.456 e. The van der Waals surface area contributed by atoms with E-state index in [1.807, 2.05) is 30.3 Å². The van der Waals surface area contributed by atoms with Crippen molar-refractivity contribution >= 4 is 21.9 Å². The molecular formula is C59H38N2O. The summed E-state index contributed by atoms with van der Waals surface area (Å²) in [6.07, 6.45) is 0. The number of hydrogen-bond donors (Lipinski definition) is 0. The number of nitrogens with zero attached hydrogens (tertiary/aromatic N) is 2. The van der Waals surface area contributed by atoms with Crippen molar-refractivity contribution in [3.8, 4) is 67.3 Å². The lowest BCUT2D eigenvalue weighted by Crippen LogP contribution is -2.28. The number of furan rings is 1. The molecule has 0 amide bonds. The highest BCUT2D eigenvalue weighted by molar-refractivity contribution is 6.06. The molecule has 290 valence electrons. The van der Waals surface area contributed by atoms with Crippen LogP contribution in [0.15, 0.2) is 235 Å². The minimum Gasteiger partial charge on any atom is -0.456 e. The van der Waals surface area contributed by atoms with E-state index in [9.17, 15) is 0 Å². The summed E-state index contributed by atoms with van der Waals surface area (Å²) < 4.78 is 6.16. The SMILES string of the molecule is c1ccc(-c2nc(-c3cccc(-c4ccc5oc6ccccc6c5c4)c3)cc(-c3ccc4c(c3)C(c3ccccc3)(c3ccccc3)c3cccc(-c5ccccc5)c3-4)n2)cc1. The number of hydrogen-bond acceptors (Lipinski definition) is 3. The first kappa shape index (κ1) is 35.8. The molecular weight excluding hydrogens is 753 g/mol. The molecule has 3 nitrogen and oxygen atoms in total. The van der Waals surface area contributed by atoms with Crippen LogP contribution < -0.4 is 0 Å². The monoisotopic (exact) mass is 790 g/mol. The van der Waals surface area contributed by atoms with Crippen LogP contribution >= 0.6 is 0 Å². The molecule has 0 atom stereocenters. The smallest absolute Gasteiger partial charge is 0.160 e. The summed E-state index contributed by atoms with van der Waals surface area (Å²) in [5, 5.41) is 2.22. The van der Waals surface area contributed by atoms with Crippen LogP contribution in [0.2, 0.25) is 0 Å². The van der Waals surface area contributed by atoms with E-state index in [-0.39, 0.29) is 0 Å². The van der Waals surface area contributed by atoms with Crippen molar-refractivity contribution in [3.63, 3.8) is 0 Å². The van der Waals surface area contributed by atoms with Crippen LogP contribution in [0.5, 0.6) is 0 Å². The van der Waals surface area contributed by atoms with Crippen molar-refractivity contribution in [2.24, 2.45) is 0 Å². The van der Waals surface area contributed by atoms with E-state index in [1.165, 1.54) is 44.5 Å². The predicted molar refractivity (Wildman–Crippen MR) is 254 cm³/mol. The molecule has 11 aromatic rings. The Hall–Kier alpha value is -8.14. The van der Waals surface area contributed by atoms with Crippen LogP contribution in [0.25, 0.3) is 89.2 Å².